The highest BCUT2D eigenvalue weighted by atomic mass is 32.1. The Balaban J connectivity index is 2.36. The summed E-state index contributed by atoms with van der Waals surface area (Å²) >= 11 is 1.56. The van der Waals surface area contributed by atoms with Crippen molar-refractivity contribution in [3.63, 3.8) is 0 Å². The van der Waals surface area contributed by atoms with Crippen molar-refractivity contribution >= 4 is 11.3 Å². The second-order valence-corrected chi connectivity index (χ2v) is 5.81. The zero-order chi connectivity index (χ0) is 14.2. The van der Waals surface area contributed by atoms with Crippen molar-refractivity contribution in [3.8, 4) is 0 Å². The van der Waals surface area contributed by atoms with E-state index in [1.54, 1.807) is 18.3 Å². The Morgan fingerprint density at radius 2 is 1.79 bits per heavy atom. The molecule has 102 valence electrons. The molecule has 5 heteroatoms. The number of rotatable bonds is 2. The Morgan fingerprint density at radius 1 is 1.11 bits per heavy atom. The first kappa shape index (κ1) is 14.1. The van der Waals surface area contributed by atoms with Crippen LogP contribution in [0.3, 0.4) is 0 Å². The fourth-order valence-electron chi connectivity index (χ4n) is 1.97. The Kier molecular flexibility index (Phi) is 3.69. The lowest BCUT2D eigenvalue weighted by atomic mass is 9.98. The topological polar surface area (TPSA) is 26.0 Å². The Hall–Kier alpha value is -1.33. The molecule has 0 aliphatic rings. The van der Waals surface area contributed by atoms with Gasteiger partial charge in [0.1, 0.15) is 0 Å². The highest BCUT2D eigenvalue weighted by Crippen LogP contribution is 2.33. The minimum atomic E-state index is -4.31. The summed E-state index contributed by atoms with van der Waals surface area (Å²) in [5, 5.41) is 0. The minimum absolute atomic E-state index is 0.374. The molecule has 0 aliphatic carbocycles. The summed E-state index contributed by atoms with van der Waals surface area (Å²) in [6.07, 6.45) is -4.31. The van der Waals surface area contributed by atoms with Crippen LogP contribution < -0.4 is 5.73 Å². The number of halogens is 3. The monoisotopic (exact) mass is 285 g/mol. The molecule has 1 nitrogen and oxygen atoms in total. The molecule has 0 radical (unpaired) electrons. The van der Waals surface area contributed by atoms with Gasteiger partial charge in [0, 0.05) is 9.75 Å². The van der Waals surface area contributed by atoms with Crippen LogP contribution in [0, 0.1) is 13.8 Å². The molecule has 1 unspecified atom stereocenters. The van der Waals surface area contributed by atoms with Crippen LogP contribution in [0.4, 0.5) is 13.2 Å². The van der Waals surface area contributed by atoms with Gasteiger partial charge < -0.3 is 5.73 Å². The molecule has 0 saturated carbocycles. The van der Waals surface area contributed by atoms with Crippen molar-refractivity contribution in [2.45, 2.75) is 26.1 Å². The Bertz CT molecular complexity index is 587. The van der Waals surface area contributed by atoms with E-state index in [4.69, 9.17) is 5.73 Å². The van der Waals surface area contributed by atoms with Gasteiger partial charge >= 0.3 is 6.18 Å². The first-order valence-corrected chi connectivity index (χ1v) is 6.60. The van der Waals surface area contributed by atoms with Crippen LogP contribution in [0.5, 0.6) is 0 Å². The Morgan fingerprint density at radius 3 is 2.26 bits per heavy atom. The quantitative estimate of drug-likeness (QED) is 0.867. The van der Waals surface area contributed by atoms with Crippen molar-refractivity contribution in [1.82, 2.24) is 0 Å². The maximum absolute atomic E-state index is 12.6. The van der Waals surface area contributed by atoms with Crippen LogP contribution in [-0.2, 0) is 6.18 Å². The molecule has 1 aromatic carbocycles. The number of benzene rings is 1. The molecule has 0 aliphatic heterocycles. The van der Waals surface area contributed by atoms with Gasteiger partial charge in [0.2, 0.25) is 0 Å². The van der Waals surface area contributed by atoms with Crippen molar-refractivity contribution in [3.05, 3.63) is 56.8 Å². The van der Waals surface area contributed by atoms with Crippen LogP contribution in [0.1, 0.15) is 32.5 Å². The fraction of sp³-hybridized carbons (Fsp3) is 0.286. The Labute approximate surface area is 113 Å². The van der Waals surface area contributed by atoms with Crippen LogP contribution in [0.2, 0.25) is 0 Å². The standard InChI is InChI=1S/C14H14F3NS/c1-8-7-10(14(15,16)17)4-5-11(8)13(18)12-6-3-9(2)19-12/h3-7,13H,18H2,1-2H3. The summed E-state index contributed by atoms with van der Waals surface area (Å²) in [6.45, 7) is 3.63. The number of hydrogen-bond donors (Lipinski definition) is 1. The van der Waals surface area contributed by atoms with E-state index in [0.717, 1.165) is 27.5 Å². The van der Waals surface area contributed by atoms with Crippen molar-refractivity contribution in [1.29, 1.82) is 0 Å². The van der Waals surface area contributed by atoms with E-state index in [1.807, 2.05) is 19.1 Å². The normalized spacial score (nSPS) is 13.6. The maximum Gasteiger partial charge on any atom is 0.416 e. The van der Waals surface area contributed by atoms with Crippen molar-refractivity contribution in [2.75, 3.05) is 0 Å². The molecule has 0 amide bonds. The summed E-state index contributed by atoms with van der Waals surface area (Å²) in [6, 6.07) is 7.21. The van der Waals surface area contributed by atoms with Gasteiger partial charge in [-0.25, -0.2) is 0 Å². The summed E-state index contributed by atoms with van der Waals surface area (Å²) in [7, 11) is 0. The van der Waals surface area contributed by atoms with Crippen LogP contribution in [-0.4, -0.2) is 0 Å². The predicted octanol–water partition coefficient (Wildman–Crippen LogP) is 4.43. The number of nitrogens with two attached hydrogens (primary N) is 1. The molecule has 1 aromatic heterocycles. The third kappa shape index (κ3) is 2.98. The second kappa shape index (κ2) is 4.98. The molecule has 2 aromatic rings. The van der Waals surface area contributed by atoms with Gasteiger partial charge in [0.25, 0.3) is 0 Å². The van der Waals surface area contributed by atoms with Crippen LogP contribution >= 0.6 is 11.3 Å². The van der Waals surface area contributed by atoms with E-state index in [-0.39, 0.29) is 6.04 Å². The van der Waals surface area contributed by atoms with Crippen LogP contribution in [0.15, 0.2) is 30.3 Å². The lowest BCUT2D eigenvalue weighted by Gasteiger charge is -2.15. The molecule has 0 fully saturated rings. The van der Waals surface area contributed by atoms with Crippen molar-refractivity contribution in [2.24, 2.45) is 5.73 Å². The van der Waals surface area contributed by atoms with Gasteiger partial charge in [-0.15, -0.1) is 11.3 Å². The SMILES string of the molecule is Cc1ccc(C(N)c2ccc(C(F)(F)F)cc2C)s1. The number of hydrogen-bond acceptors (Lipinski definition) is 2. The first-order chi connectivity index (χ1) is 8.79. The summed E-state index contributed by atoms with van der Waals surface area (Å²) in [5.74, 6) is 0. The van der Waals surface area contributed by atoms with Gasteiger partial charge in [0.15, 0.2) is 0 Å². The molecule has 0 saturated heterocycles. The van der Waals surface area contributed by atoms with E-state index in [2.05, 4.69) is 0 Å². The zero-order valence-corrected chi connectivity index (χ0v) is 11.4. The van der Waals surface area contributed by atoms with Gasteiger partial charge in [-0.1, -0.05) is 6.07 Å². The molecule has 0 spiro atoms. The average Bonchev–Trinajstić information content (AvgIpc) is 2.73. The zero-order valence-electron chi connectivity index (χ0n) is 10.6. The molecular weight excluding hydrogens is 271 g/mol. The smallest absolute Gasteiger partial charge is 0.320 e. The van der Waals surface area contributed by atoms with Crippen molar-refractivity contribution < 1.29 is 13.2 Å². The predicted molar refractivity (Wildman–Crippen MR) is 71.3 cm³/mol. The van der Waals surface area contributed by atoms with E-state index < -0.39 is 11.7 Å². The molecule has 1 heterocycles. The average molecular weight is 285 g/mol. The molecule has 19 heavy (non-hydrogen) atoms. The summed E-state index contributed by atoms with van der Waals surface area (Å²) in [5.41, 5.74) is 6.78. The molecule has 1 atom stereocenters. The van der Waals surface area contributed by atoms with E-state index in [9.17, 15) is 13.2 Å². The molecular formula is C14H14F3NS. The van der Waals surface area contributed by atoms with Gasteiger partial charge in [-0.2, -0.15) is 13.2 Å². The van der Waals surface area contributed by atoms with Gasteiger partial charge in [0.05, 0.1) is 11.6 Å². The third-order valence-corrected chi connectivity index (χ3v) is 4.08. The fourth-order valence-corrected chi connectivity index (χ4v) is 2.87. The van der Waals surface area contributed by atoms with Gasteiger partial charge in [-0.3, -0.25) is 0 Å². The van der Waals surface area contributed by atoms with E-state index in [0.29, 0.717) is 5.56 Å². The lowest BCUT2D eigenvalue weighted by Crippen LogP contribution is -2.13. The minimum Gasteiger partial charge on any atom is -0.320 e. The number of alkyl halides is 3. The highest BCUT2D eigenvalue weighted by Gasteiger charge is 2.31. The second-order valence-electron chi connectivity index (χ2n) is 4.50. The maximum atomic E-state index is 12.6. The number of aryl methyl sites for hydroxylation is 2. The highest BCUT2D eigenvalue weighted by molar-refractivity contribution is 7.12. The summed E-state index contributed by atoms with van der Waals surface area (Å²) in [4.78, 5) is 2.09. The summed E-state index contributed by atoms with van der Waals surface area (Å²) < 4.78 is 37.8. The third-order valence-electron chi connectivity index (χ3n) is 3.00. The molecule has 2 N–H and O–H groups in total. The van der Waals surface area contributed by atoms with Gasteiger partial charge in [-0.05, 0) is 49.2 Å². The van der Waals surface area contributed by atoms with E-state index >= 15 is 0 Å². The molecule has 2 rings (SSSR count). The van der Waals surface area contributed by atoms with E-state index in [1.165, 1.54) is 6.07 Å². The molecule has 0 bridgehead atoms. The first-order valence-electron chi connectivity index (χ1n) is 5.78. The lowest BCUT2D eigenvalue weighted by molar-refractivity contribution is -0.137. The number of thiophene rings is 1. The van der Waals surface area contributed by atoms with Crippen LogP contribution in [0.25, 0.3) is 0 Å². The largest absolute Gasteiger partial charge is 0.416 e.